The summed E-state index contributed by atoms with van der Waals surface area (Å²) in [6, 6.07) is 8.26. The van der Waals surface area contributed by atoms with Gasteiger partial charge in [-0.25, -0.2) is 4.79 Å². The van der Waals surface area contributed by atoms with Crippen LogP contribution >= 0.6 is 0 Å². The van der Waals surface area contributed by atoms with Crippen molar-refractivity contribution in [3.8, 4) is 0 Å². The van der Waals surface area contributed by atoms with Gasteiger partial charge >= 0.3 is 5.69 Å². The molecule has 0 atom stereocenters. The Morgan fingerprint density at radius 3 is 2.43 bits per heavy atom. The second kappa shape index (κ2) is 6.72. The van der Waals surface area contributed by atoms with E-state index in [0.717, 1.165) is 41.1 Å². The van der Waals surface area contributed by atoms with Gasteiger partial charge in [0.2, 0.25) is 5.78 Å². The molecule has 7 heteroatoms. The van der Waals surface area contributed by atoms with Crippen LogP contribution in [-0.2, 0) is 13.6 Å². The normalized spacial score (nSPS) is 15.1. The summed E-state index contributed by atoms with van der Waals surface area (Å²) < 4.78 is 7.08. The van der Waals surface area contributed by atoms with Crippen LogP contribution in [-0.4, -0.2) is 23.1 Å². The first-order valence-electron chi connectivity index (χ1n) is 10.6. The molecule has 5 rings (SSSR count). The number of fused-ring (bicyclic) bond motifs is 3. The zero-order chi connectivity index (χ0) is 21.2. The van der Waals surface area contributed by atoms with Crippen LogP contribution in [0.4, 0.5) is 0 Å². The highest BCUT2D eigenvalue weighted by Gasteiger charge is 2.27. The minimum absolute atomic E-state index is 0.253. The summed E-state index contributed by atoms with van der Waals surface area (Å²) >= 11 is 0. The third-order valence-corrected chi connectivity index (χ3v) is 6.84. The Balaban J connectivity index is 1.82. The van der Waals surface area contributed by atoms with Crippen molar-refractivity contribution in [3.63, 3.8) is 0 Å². The minimum Gasteiger partial charge on any atom is -0.311 e. The quantitative estimate of drug-likeness (QED) is 0.526. The van der Waals surface area contributed by atoms with Crippen molar-refractivity contribution < 1.29 is 0 Å². The summed E-state index contributed by atoms with van der Waals surface area (Å²) in [6.45, 7) is 6.38. The lowest BCUT2D eigenvalue weighted by Gasteiger charge is -2.13. The molecule has 0 N–H and O–H groups in total. The largest absolute Gasteiger partial charge is 0.332 e. The average Bonchev–Trinajstić information content (AvgIpc) is 3.43. The number of rotatable bonds is 3. The molecule has 1 aliphatic rings. The summed E-state index contributed by atoms with van der Waals surface area (Å²) in [5.41, 5.74) is 4.50. The van der Waals surface area contributed by atoms with E-state index in [4.69, 9.17) is 4.98 Å². The van der Waals surface area contributed by atoms with Crippen molar-refractivity contribution in [2.75, 3.05) is 0 Å². The topological polar surface area (TPSA) is 66.2 Å². The van der Waals surface area contributed by atoms with Gasteiger partial charge in [0.1, 0.15) is 0 Å². The molecule has 30 heavy (non-hydrogen) atoms. The Morgan fingerprint density at radius 2 is 1.73 bits per heavy atom. The highest BCUT2D eigenvalue weighted by Crippen LogP contribution is 2.34. The number of imidazole rings is 2. The molecule has 0 spiro atoms. The summed E-state index contributed by atoms with van der Waals surface area (Å²) in [5, 5.41) is 0. The molecule has 0 aliphatic heterocycles. The molecule has 0 unspecified atom stereocenters. The van der Waals surface area contributed by atoms with Gasteiger partial charge in [-0.1, -0.05) is 37.1 Å². The molecule has 1 aliphatic carbocycles. The van der Waals surface area contributed by atoms with Crippen LogP contribution in [0.25, 0.3) is 16.9 Å². The summed E-state index contributed by atoms with van der Waals surface area (Å²) in [7, 11) is 1.70. The third-order valence-electron chi connectivity index (χ3n) is 6.84. The van der Waals surface area contributed by atoms with E-state index in [2.05, 4.69) is 11.5 Å². The molecule has 0 bridgehead atoms. The molecule has 3 aromatic heterocycles. The summed E-state index contributed by atoms with van der Waals surface area (Å²) in [6.07, 6.45) is 4.69. The first kappa shape index (κ1) is 18.9. The molecule has 7 nitrogen and oxygen atoms in total. The van der Waals surface area contributed by atoms with E-state index in [1.165, 1.54) is 22.0 Å². The average molecular weight is 406 g/mol. The van der Waals surface area contributed by atoms with Gasteiger partial charge in [-0.15, -0.1) is 0 Å². The van der Waals surface area contributed by atoms with Gasteiger partial charge in [0.05, 0.1) is 6.54 Å². The van der Waals surface area contributed by atoms with Gasteiger partial charge in [-0.3, -0.25) is 18.3 Å². The maximum absolute atomic E-state index is 13.6. The molecule has 1 fully saturated rings. The first-order valence-corrected chi connectivity index (χ1v) is 10.6. The third kappa shape index (κ3) is 2.54. The van der Waals surface area contributed by atoms with Crippen LogP contribution in [0, 0.1) is 20.8 Å². The van der Waals surface area contributed by atoms with E-state index in [-0.39, 0.29) is 17.8 Å². The fourth-order valence-electron chi connectivity index (χ4n) is 4.97. The molecule has 0 saturated heterocycles. The van der Waals surface area contributed by atoms with Gasteiger partial charge in [-0.05, 0) is 44.7 Å². The van der Waals surface area contributed by atoms with Crippen molar-refractivity contribution in [2.24, 2.45) is 7.05 Å². The standard InChI is InChI=1S/C23H27N5O2/c1-14-9-5-6-10-17(14)13-26-21(29)19-20(25(4)23(26)30)24-22-27(18-11-7-8-12-18)15(2)16(3)28(19)22/h5-6,9-10,18H,7-8,11-13H2,1-4H3. The second-order valence-corrected chi connectivity index (χ2v) is 8.56. The van der Waals surface area contributed by atoms with Crippen molar-refractivity contribution >= 4 is 16.9 Å². The Morgan fingerprint density at radius 1 is 1.03 bits per heavy atom. The predicted molar refractivity (Wildman–Crippen MR) is 117 cm³/mol. The highest BCUT2D eigenvalue weighted by molar-refractivity contribution is 5.76. The highest BCUT2D eigenvalue weighted by atomic mass is 16.2. The summed E-state index contributed by atoms with van der Waals surface area (Å²) in [4.78, 5) is 31.5. The maximum Gasteiger partial charge on any atom is 0.332 e. The lowest BCUT2D eigenvalue weighted by molar-refractivity contribution is 0.520. The van der Waals surface area contributed by atoms with Crippen molar-refractivity contribution in [1.29, 1.82) is 0 Å². The molecule has 3 heterocycles. The Hall–Kier alpha value is -3.09. The molecule has 0 radical (unpaired) electrons. The van der Waals surface area contributed by atoms with Crippen LogP contribution < -0.4 is 11.2 Å². The van der Waals surface area contributed by atoms with E-state index in [0.29, 0.717) is 17.2 Å². The summed E-state index contributed by atoms with van der Waals surface area (Å²) in [5.74, 6) is 0.771. The van der Waals surface area contributed by atoms with E-state index in [9.17, 15) is 9.59 Å². The van der Waals surface area contributed by atoms with Gasteiger partial charge in [-0.2, -0.15) is 4.98 Å². The SMILES string of the molecule is Cc1ccccc1Cn1c(=O)c2c(nc3n(C4CCCC4)c(C)c(C)n23)n(C)c1=O. The molecular weight excluding hydrogens is 378 g/mol. The minimum atomic E-state index is -0.335. The van der Waals surface area contributed by atoms with Crippen LogP contribution in [0.5, 0.6) is 0 Å². The Labute approximate surface area is 174 Å². The first-order chi connectivity index (χ1) is 14.4. The predicted octanol–water partition coefficient (Wildman–Crippen LogP) is 3.24. The Bertz CT molecular complexity index is 1410. The monoisotopic (exact) mass is 405 g/mol. The number of hydrogen-bond donors (Lipinski definition) is 0. The van der Waals surface area contributed by atoms with E-state index in [1.807, 2.05) is 42.5 Å². The number of benzene rings is 1. The number of nitrogens with zero attached hydrogens (tertiary/aromatic N) is 5. The van der Waals surface area contributed by atoms with Crippen LogP contribution in [0.15, 0.2) is 33.9 Å². The van der Waals surface area contributed by atoms with E-state index < -0.39 is 0 Å². The zero-order valence-corrected chi connectivity index (χ0v) is 18.0. The maximum atomic E-state index is 13.6. The number of hydrogen-bond acceptors (Lipinski definition) is 3. The van der Waals surface area contributed by atoms with Crippen molar-refractivity contribution in [2.45, 2.75) is 59.0 Å². The molecule has 1 aromatic carbocycles. The molecule has 0 amide bonds. The molecule has 4 aromatic rings. The smallest absolute Gasteiger partial charge is 0.311 e. The zero-order valence-electron chi connectivity index (χ0n) is 18.0. The van der Waals surface area contributed by atoms with Crippen LogP contribution in [0.1, 0.15) is 54.2 Å². The van der Waals surface area contributed by atoms with Crippen LogP contribution in [0.2, 0.25) is 0 Å². The van der Waals surface area contributed by atoms with E-state index in [1.54, 1.807) is 7.05 Å². The number of aromatic nitrogens is 5. The van der Waals surface area contributed by atoms with Crippen molar-refractivity contribution in [3.05, 3.63) is 67.6 Å². The Kier molecular flexibility index (Phi) is 4.24. The van der Waals surface area contributed by atoms with E-state index >= 15 is 0 Å². The number of aryl methyl sites for hydroxylation is 3. The molecule has 1 saturated carbocycles. The fourth-order valence-corrected chi connectivity index (χ4v) is 4.97. The second-order valence-electron chi connectivity index (χ2n) is 8.56. The van der Waals surface area contributed by atoms with Crippen LogP contribution in [0.3, 0.4) is 0 Å². The van der Waals surface area contributed by atoms with Gasteiger partial charge in [0, 0.05) is 24.5 Å². The molecule has 156 valence electrons. The molecular formula is C23H27N5O2. The van der Waals surface area contributed by atoms with Gasteiger partial charge in [0.25, 0.3) is 5.56 Å². The van der Waals surface area contributed by atoms with Crippen molar-refractivity contribution in [1.82, 2.24) is 23.1 Å². The van der Waals surface area contributed by atoms with Gasteiger partial charge < -0.3 is 4.57 Å². The van der Waals surface area contributed by atoms with Gasteiger partial charge in [0.15, 0.2) is 11.2 Å². The lowest BCUT2D eigenvalue weighted by atomic mass is 10.1. The fraction of sp³-hybridized carbons (Fsp3) is 0.435. The lowest BCUT2D eigenvalue weighted by Crippen LogP contribution is -2.39.